The zero-order chi connectivity index (χ0) is 11.0. The number of aryl methyl sites for hydroxylation is 1. The first-order valence-corrected chi connectivity index (χ1v) is 5.09. The van der Waals surface area contributed by atoms with Gasteiger partial charge in [-0.25, -0.2) is 4.39 Å². The highest BCUT2D eigenvalue weighted by molar-refractivity contribution is 7.80. The second kappa shape index (κ2) is 3.87. The smallest absolute Gasteiger partial charge is 0.134 e. The highest BCUT2D eigenvalue weighted by Gasteiger charge is 2.09. The number of halogens is 2. The van der Waals surface area contributed by atoms with E-state index in [2.05, 4.69) is 17.7 Å². The highest BCUT2D eigenvalue weighted by Crippen LogP contribution is 2.25. The molecule has 0 bridgehead atoms. The van der Waals surface area contributed by atoms with Crippen molar-refractivity contribution in [1.82, 2.24) is 9.78 Å². The van der Waals surface area contributed by atoms with Crippen molar-refractivity contribution >= 4 is 24.2 Å². The van der Waals surface area contributed by atoms with Crippen LogP contribution >= 0.6 is 24.2 Å². The van der Waals surface area contributed by atoms with Gasteiger partial charge in [0.1, 0.15) is 5.82 Å². The van der Waals surface area contributed by atoms with Crippen molar-refractivity contribution in [1.29, 1.82) is 0 Å². The van der Waals surface area contributed by atoms with Crippen LogP contribution < -0.4 is 0 Å². The van der Waals surface area contributed by atoms with Crippen LogP contribution in [0.2, 0.25) is 5.02 Å². The monoisotopic (exact) mass is 242 g/mol. The van der Waals surface area contributed by atoms with E-state index in [1.54, 1.807) is 29.9 Å². The Balaban J connectivity index is 2.54. The van der Waals surface area contributed by atoms with Crippen LogP contribution in [0.25, 0.3) is 11.3 Å². The predicted octanol–water partition coefficient (Wildman–Crippen LogP) is 3.17. The summed E-state index contributed by atoms with van der Waals surface area (Å²) in [5.41, 5.74) is 0.979. The first-order valence-electron chi connectivity index (χ1n) is 4.26. The second-order valence-corrected chi connectivity index (χ2v) is 4.03. The van der Waals surface area contributed by atoms with Crippen LogP contribution in [0.15, 0.2) is 29.3 Å². The maximum absolute atomic E-state index is 13.5. The van der Waals surface area contributed by atoms with Gasteiger partial charge < -0.3 is 0 Å². The van der Waals surface area contributed by atoms with Crippen LogP contribution in [0.4, 0.5) is 4.39 Å². The first kappa shape index (κ1) is 10.5. The number of benzene rings is 1. The molecule has 0 saturated carbocycles. The van der Waals surface area contributed by atoms with E-state index in [9.17, 15) is 4.39 Å². The van der Waals surface area contributed by atoms with E-state index in [1.807, 2.05) is 0 Å². The summed E-state index contributed by atoms with van der Waals surface area (Å²) >= 11 is 9.84. The largest absolute Gasteiger partial charge is 0.262 e. The Morgan fingerprint density at radius 2 is 2.13 bits per heavy atom. The molecule has 0 spiro atoms. The molecule has 1 aromatic carbocycles. The van der Waals surface area contributed by atoms with Crippen LogP contribution in [-0.4, -0.2) is 9.78 Å². The molecule has 1 aromatic heterocycles. The van der Waals surface area contributed by atoms with Crippen LogP contribution in [-0.2, 0) is 7.05 Å². The molecular formula is C10H8ClFN2S. The second-order valence-electron chi connectivity index (χ2n) is 3.14. The third-order valence-corrected chi connectivity index (χ3v) is 2.72. The van der Waals surface area contributed by atoms with Crippen LogP contribution in [0.1, 0.15) is 0 Å². The lowest BCUT2D eigenvalue weighted by Crippen LogP contribution is -1.91. The third-order valence-electron chi connectivity index (χ3n) is 2.06. The normalized spacial score (nSPS) is 10.7. The topological polar surface area (TPSA) is 17.8 Å². The van der Waals surface area contributed by atoms with Crippen LogP contribution in [0.5, 0.6) is 0 Å². The summed E-state index contributed by atoms with van der Waals surface area (Å²) in [5.74, 6) is -0.381. The Kier molecular flexibility index (Phi) is 2.71. The van der Waals surface area contributed by atoms with Crippen molar-refractivity contribution in [3.63, 3.8) is 0 Å². The number of hydrogen-bond donors (Lipinski definition) is 1. The minimum absolute atomic E-state index is 0.373. The number of nitrogens with zero attached hydrogens (tertiary/aromatic N) is 2. The fourth-order valence-corrected chi connectivity index (χ4v) is 1.61. The minimum atomic E-state index is -0.381. The van der Waals surface area contributed by atoms with E-state index in [0.29, 0.717) is 21.3 Å². The van der Waals surface area contributed by atoms with Gasteiger partial charge in [-0.05, 0) is 24.3 Å². The van der Waals surface area contributed by atoms with Crippen molar-refractivity contribution in [3.8, 4) is 11.3 Å². The summed E-state index contributed by atoms with van der Waals surface area (Å²) in [6, 6.07) is 6.21. The van der Waals surface area contributed by atoms with Crippen molar-refractivity contribution in [2.24, 2.45) is 7.05 Å². The van der Waals surface area contributed by atoms with Gasteiger partial charge in [0.15, 0.2) is 0 Å². The van der Waals surface area contributed by atoms with Gasteiger partial charge in [-0.1, -0.05) is 11.6 Å². The molecule has 0 N–H and O–H groups in total. The Labute approximate surface area is 97.1 Å². The van der Waals surface area contributed by atoms with E-state index in [1.165, 1.54) is 6.07 Å². The molecule has 2 aromatic rings. The van der Waals surface area contributed by atoms with E-state index in [4.69, 9.17) is 11.6 Å². The van der Waals surface area contributed by atoms with Gasteiger partial charge in [0, 0.05) is 17.6 Å². The first-order chi connectivity index (χ1) is 7.08. The molecule has 2 rings (SSSR count). The Hall–Kier alpha value is -1.00. The quantitative estimate of drug-likeness (QED) is 0.761. The van der Waals surface area contributed by atoms with Gasteiger partial charge in [0.2, 0.25) is 0 Å². The molecule has 0 amide bonds. The van der Waals surface area contributed by atoms with Gasteiger partial charge >= 0.3 is 0 Å². The average molecular weight is 243 g/mol. The van der Waals surface area contributed by atoms with Crippen LogP contribution in [0.3, 0.4) is 0 Å². The van der Waals surface area contributed by atoms with Crippen molar-refractivity contribution < 1.29 is 4.39 Å². The van der Waals surface area contributed by atoms with Gasteiger partial charge in [0.25, 0.3) is 0 Å². The van der Waals surface area contributed by atoms with Crippen molar-refractivity contribution in [2.45, 2.75) is 5.03 Å². The van der Waals surface area contributed by atoms with E-state index >= 15 is 0 Å². The molecule has 0 aliphatic carbocycles. The fourth-order valence-electron chi connectivity index (χ4n) is 1.29. The minimum Gasteiger partial charge on any atom is -0.262 e. The Morgan fingerprint density at radius 3 is 2.67 bits per heavy atom. The summed E-state index contributed by atoms with van der Waals surface area (Å²) in [7, 11) is 1.75. The van der Waals surface area contributed by atoms with E-state index in [0.717, 1.165) is 0 Å². The van der Waals surface area contributed by atoms with Crippen molar-refractivity contribution in [2.75, 3.05) is 0 Å². The molecular weight excluding hydrogens is 235 g/mol. The molecule has 78 valence electrons. The molecule has 0 saturated heterocycles. The lowest BCUT2D eigenvalue weighted by Gasteiger charge is -1.99. The number of rotatable bonds is 1. The maximum atomic E-state index is 13.5. The molecule has 0 aliphatic rings. The van der Waals surface area contributed by atoms with Gasteiger partial charge in [-0.15, -0.1) is 12.6 Å². The molecule has 0 atom stereocenters. The molecule has 1 heterocycles. The molecule has 15 heavy (non-hydrogen) atoms. The van der Waals surface area contributed by atoms with Gasteiger partial charge in [0.05, 0.1) is 10.7 Å². The molecule has 5 heteroatoms. The average Bonchev–Trinajstić information content (AvgIpc) is 2.46. The summed E-state index contributed by atoms with van der Waals surface area (Å²) < 4.78 is 15.1. The number of hydrogen-bond acceptors (Lipinski definition) is 2. The standard InChI is InChI=1S/C10H8ClFN2S/c1-14-10(15)5-9(13-14)7-3-2-6(11)4-8(7)12/h2-5,15H,1H3. The number of thiol groups is 1. The third kappa shape index (κ3) is 2.01. The van der Waals surface area contributed by atoms with Gasteiger partial charge in [-0.3, -0.25) is 4.68 Å². The zero-order valence-corrected chi connectivity index (χ0v) is 9.56. The van der Waals surface area contributed by atoms with Gasteiger partial charge in [-0.2, -0.15) is 5.10 Å². The van der Waals surface area contributed by atoms with Crippen LogP contribution in [0, 0.1) is 5.82 Å². The van der Waals surface area contributed by atoms with Crippen molar-refractivity contribution in [3.05, 3.63) is 35.1 Å². The SMILES string of the molecule is Cn1nc(-c2ccc(Cl)cc2F)cc1S. The Morgan fingerprint density at radius 1 is 1.40 bits per heavy atom. The lowest BCUT2D eigenvalue weighted by atomic mass is 10.1. The summed E-state index contributed by atoms with van der Waals surface area (Å²) in [4.78, 5) is 0. The summed E-state index contributed by atoms with van der Waals surface area (Å²) in [6.07, 6.45) is 0. The lowest BCUT2D eigenvalue weighted by molar-refractivity contribution is 0.629. The van der Waals surface area contributed by atoms with E-state index in [-0.39, 0.29) is 5.82 Å². The van der Waals surface area contributed by atoms with E-state index < -0.39 is 0 Å². The summed E-state index contributed by atoms with van der Waals surface area (Å²) in [5, 5.41) is 5.18. The molecule has 0 radical (unpaired) electrons. The molecule has 0 aliphatic heterocycles. The highest BCUT2D eigenvalue weighted by atomic mass is 35.5. The molecule has 0 unspecified atom stereocenters. The number of aromatic nitrogens is 2. The Bertz CT molecular complexity index is 491. The predicted molar refractivity (Wildman–Crippen MR) is 60.9 cm³/mol. The molecule has 2 nitrogen and oxygen atoms in total. The molecule has 0 fully saturated rings. The zero-order valence-electron chi connectivity index (χ0n) is 7.91. The maximum Gasteiger partial charge on any atom is 0.134 e. The summed E-state index contributed by atoms with van der Waals surface area (Å²) in [6.45, 7) is 0. The fraction of sp³-hybridized carbons (Fsp3) is 0.100.